The minimum Gasteiger partial charge on any atom is -0.493 e. The molecule has 0 radical (unpaired) electrons. The Morgan fingerprint density at radius 3 is 2.54 bits per heavy atom. The number of benzene rings is 2. The molecule has 1 atom stereocenters. The molecule has 2 aromatic carbocycles. The predicted molar refractivity (Wildman–Crippen MR) is 157 cm³/mol. The van der Waals surface area contributed by atoms with Crippen LogP contribution in [0.2, 0.25) is 10.0 Å². The number of allylic oxidation sites excluding steroid dienone is 1. The zero-order valence-corrected chi connectivity index (χ0v) is 25.3. The quantitative estimate of drug-likeness (QED) is 0.318. The van der Waals surface area contributed by atoms with Gasteiger partial charge in [0.05, 0.1) is 51.7 Å². The topological polar surface area (TPSA) is 112 Å². The molecule has 3 aromatic rings. The van der Waals surface area contributed by atoms with E-state index >= 15 is 0 Å². The van der Waals surface area contributed by atoms with Gasteiger partial charge in [-0.2, -0.15) is 5.26 Å². The first-order chi connectivity index (χ1) is 19.6. The Hall–Kier alpha value is -3.78. The first-order valence-corrected chi connectivity index (χ1v) is 14.2. The van der Waals surface area contributed by atoms with E-state index in [1.54, 1.807) is 50.3 Å². The molecule has 9 nitrogen and oxygen atoms in total. The van der Waals surface area contributed by atoms with Crippen LogP contribution in [0.5, 0.6) is 17.2 Å². The highest BCUT2D eigenvalue weighted by molar-refractivity contribution is 7.07. The van der Waals surface area contributed by atoms with Crippen molar-refractivity contribution in [1.29, 1.82) is 5.26 Å². The standard InChI is InChI=1S/C29H27Cl2N3O6S/c1-6-38-28(36)24-16(4)33-29-34(25(24)18-7-8-21(40-15(2)3)22(14-18)37-5)27(35)23(41-29)13-17-11-19(30)26(20(31)12-17)39-10-9-32/h7-8,11-15,25H,6,10H2,1-5H3/b23-13-/t25-/m1/s1. The Kier molecular flexibility index (Phi) is 9.43. The van der Waals surface area contributed by atoms with Gasteiger partial charge in [0.15, 0.2) is 28.7 Å². The number of aromatic nitrogens is 1. The number of esters is 1. The van der Waals surface area contributed by atoms with E-state index < -0.39 is 12.0 Å². The lowest BCUT2D eigenvalue weighted by molar-refractivity contribution is -0.139. The maximum atomic E-state index is 13.9. The number of thiazole rings is 1. The van der Waals surface area contributed by atoms with Crippen LogP contribution in [-0.4, -0.2) is 37.0 Å². The lowest BCUT2D eigenvalue weighted by atomic mass is 9.95. The van der Waals surface area contributed by atoms with Crippen LogP contribution in [0.15, 0.2) is 51.4 Å². The zero-order chi connectivity index (χ0) is 29.8. The number of hydrogen-bond acceptors (Lipinski definition) is 9. The average Bonchev–Trinajstić information content (AvgIpc) is 3.21. The van der Waals surface area contributed by atoms with Crippen LogP contribution in [0.3, 0.4) is 0 Å². The summed E-state index contributed by atoms with van der Waals surface area (Å²) in [6.07, 6.45) is 1.55. The Bertz CT molecular complexity index is 1730. The predicted octanol–water partition coefficient (Wildman–Crippen LogP) is 4.80. The highest BCUT2D eigenvalue weighted by Crippen LogP contribution is 2.37. The third-order valence-electron chi connectivity index (χ3n) is 5.98. The molecule has 2 heterocycles. The summed E-state index contributed by atoms with van der Waals surface area (Å²) in [6.45, 7) is 7.18. The van der Waals surface area contributed by atoms with Gasteiger partial charge in [-0.15, -0.1) is 0 Å². The van der Waals surface area contributed by atoms with Gasteiger partial charge in [0.25, 0.3) is 5.56 Å². The van der Waals surface area contributed by atoms with Crippen LogP contribution in [0.1, 0.15) is 44.9 Å². The van der Waals surface area contributed by atoms with Gasteiger partial charge in [0.1, 0.15) is 6.07 Å². The molecule has 4 rings (SSSR count). The summed E-state index contributed by atoms with van der Waals surface area (Å²) >= 11 is 13.8. The summed E-state index contributed by atoms with van der Waals surface area (Å²) in [5.74, 6) is 0.607. The van der Waals surface area contributed by atoms with Crippen molar-refractivity contribution in [3.63, 3.8) is 0 Å². The van der Waals surface area contributed by atoms with Crippen molar-refractivity contribution in [3.05, 3.63) is 82.5 Å². The summed E-state index contributed by atoms with van der Waals surface area (Å²) in [7, 11) is 1.53. The summed E-state index contributed by atoms with van der Waals surface area (Å²) in [4.78, 5) is 32.1. The number of carbonyl (C=O) groups is 1. The zero-order valence-electron chi connectivity index (χ0n) is 23.0. The van der Waals surface area contributed by atoms with Crippen LogP contribution < -0.4 is 29.1 Å². The summed E-state index contributed by atoms with van der Waals surface area (Å²) in [5.41, 5.74) is 1.48. The monoisotopic (exact) mass is 615 g/mol. The van der Waals surface area contributed by atoms with Crippen LogP contribution in [-0.2, 0) is 9.53 Å². The van der Waals surface area contributed by atoms with Crippen molar-refractivity contribution in [3.8, 4) is 23.3 Å². The van der Waals surface area contributed by atoms with Gasteiger partial charge < -0.3 is 18.9 Å². The van der Waals surface area contributed by atoms with E-state index in [1.807, 2.05) is 19.9 Å². The van der Waals surface area contributed by atoms with Crippen molar-refractivity contribution in [2.45, 2.75) is 39.8 Å². The average molecular weight is 617 g/mol. The van der Waals surface area contributed by atoms with E-state index in [9.17, 15) is 9.59 Å². The van der Waals surface area contributed by atoms with Gasteiger partial charge in [-0.05, 0) is 69.2 Å². The first kappa shape index (κ1) is 30.2. The van der Waals surface area contributed by atoms with Gasteiger partial charge >= 0.3 is 5.97 Å². The van der Waals surface area contributed by atoms with Crippen LogP contribution in [0, 0.1) is 11.3 Å². The summed E-state index contributed by atoms with van der Waals surface area (Å²) < 4.78 is 23.9. The first-order valence-electron chi connectivity index (χ1n) is 12.6. The Morgan fingerprint density at radius 1 is 1.22 bits per heavy atom. The number of ether oxygens (including phenoxy) is 4. The molecule has 1 aliphatic heterocycles. The molecule has 0 bridgehead atoms. The molecule has 12 heteroatoms. The third kappa shape index (κ3) is 6.27. The van der Waals surface area contributed by atoms with E-state index in [4.69, 9.17) is 47.4 Å². The number of hydrogen-bond donors (Lipinski definition) is 0. The minimum atomic E-state index is -0.830. The number of methoxy groups -OCH3 is 1. The molecular formula is C29H27Cl2N3O6S. The Balaban J connectivity index is 1.91. The lowest BCUT2D eigenvalue weighted by Gasteiger charge is -2.25. The van der Waals surface area contributed by atoms with Crippen LogP contribution in [0.4, 0.5) is 0 Å². The maximum absolute atomic E-state index is 13.9. The summed E-state index contributed by atoms with van der Waals surface area (Å²) in [5, 5.41) is 9.19. The fraction of sp³-hybridized carbons (Fsp3) is 0.310. The second-order valence-corrected chi connectivity index (χ2v) is 11.0. The second-order valence-electron chi connectivity index (χ2n) is 9.14. The van der Waals surface area contributed by atoms with E-state index in [-0.39, 0.29) is 46.2 Å². The normalized spacial score (nSPS) is 14.8. The number of fused-ring (bicyclic) bond motifs is 1. The molecule has 0 fully saturated rings. The highest BCUT2D eigenvalue weighted by atomic mass is 35.5. The van der Waals surface area contributed by atoms with Crippen molar-refractivity contribution in [2.75, 3.05) is 20.3 Å². The van der Waals surface area contributed by atoms with Gasteiger partial charge in [-0.1, -0.05) is 40.6 Å². The Labute approximate surface area is 250 Å². The number of carbonyl (C=O) groups excluding carboxylic acids is 1. The molecule has 0 saturated carbocycles. The molecule has 0 spiro atoms. The smallest absolute Gasteiger partial charge is 0.338 e. The molecule has 0 aliphatic carbocycles. The van der Waals surface area contributed by atoms with E-state index in [1.165, 1.54) is 11.7 Å². The van der Waals surface area contributed by atoms with Crippen molar-refractivity contribution in [1.82, 2.24) is 4.57 Å². The van der Waals surface area contributed by atoms with Gasteiger partial charge in [0, 0.05) is 0 Å². The van der Waals surface area contributed by atoms with E-state index in [2.05, 4.69) is 4.99 Å². The molecule has 0 N–H and O–H groups in total. The van der Waals surface area contributed by atoms with E-state index in [0.29, 0.717) is 37.7 Å². The largest absolute Gasteiger partial charge is 0.493 e. The van der Waals surface area contributed by atoms with Gasteiger partial charge in [-0.3, -0.25) is 9.36 Å². The molecule has 1 aromatic heterocycles. The number of nitriles is 1. The second kappa shape index (κ2) is 12.8. The fourth-order valence-corrected chi connectivity index (χ4v) is 6.03. The van der Waals surface area contributed by atoms with Gasteiger partial charge in [-0.25, -0.2) is 9.79 Å². The van der Waals surface area contributed by atoms with Crippen molar-refractivity contribution >= 4 is 46.6 Å². The van der Waals surface area contributed by atoms with Crippen molar-refractivity contribution < 1.29 is 23.7 Å². The lowest BCUT2D eigenvalue weighted by Crippen LogP contribution is -2.40. The molecule has 214 valence electrons. The number of nitrogens with zero attached hydrogens (tertiary/aromatic N) is 3. The molecule has 1 aliphatic rings. The van der Waals surface area contributed by atoms with Crippen LogP contribution in [0.25, 0.3) is 6.08 Å². The molecular weight excluding hydrogens is 589 g/mol. The molecule has 41 heavy (non-hydrogen) atoms. The number of rotatable bonds is 9. The van der Waals surface area contributed by atoms with Crippen molar-refractivity contribution in [2.24, 2.45) is 4.99 Å². The van der Waals surface area contributed by atoms with Gasteiger partial charge in [0.2, 0.25) is 0 Å². The molecule has 0 unspecified atom stereocenters. The SMILES string of the molecule is CCOC(=O)C1=C(C)N=c2s/c(=C\c3cc(Cl)c(OCC#N)c(Cl)c3)c(=O)n2[C@@H]1c1ccc(OC(C)C)c(OC)c1. The third-order valence-corrected chi connectivity index (χ3v) is 7.53. The number of halogens is 2. The Morgan fingerprint density at radius 2 is 1.93 bits per heavy atom. The fourth-order valence-electron chi connectivity index (χ4n) is 4.37. The maximum Gasteiger partial charge on any atom is 0.338 e. The van der Waals surface area contributed by atoms with Crippen LogP contribution >= 0.6 is 34.5 Å². The molecule has 0 saturated heterocycles. The highest BCUT2D eigenvalue weighted by Gasteiger charge is 2.34. The molecule has 0 amide bonds. The summed E-state index contributed by atoms with van der Waals surface area (Å²) in [6, 6.07) is 9.50. The van der Waals surface area contributed by atoms with E-state index in [0.717, 1.165) is 11.3 Å². The minimum absolute atomic E-state index is 0.0846.